The second-order valence-electron chi connectivity index (χ2n) is 13.9. The topological polar surface area (TPSA) is 64.3 Å². The molecule has 0 radical (unpaired) electrons. The monoisotopic (exact) mass is 551 g/mol. The molecule has 0 amide bonds. The van der Waals surface area contributed by atoms with Crippen LogP contribution in [-0.2, 0) is 9.47 Å². The molecule has 9 heteroatoms. The first-order valence-electron chi connectivity index (χ1n) is 15.3. The highest BCUT2D eigenvalue weighted by Crippen LogP contribution is 2.62. The molecule has 1 spiro atoms. The van der Waals surface area contributed by atoms with E-state index in [1.807, 2.05) is 0 Å². The first-order chi connectivity index (χ1) is 17.9. The van der Waals surface area contributed by atoms with Crippen molar-refractivity contribution in [2.24, 2.45) is 29.6 Å². The summed E-state index contributed by atoms with van der Waals surface area (Å²) in [6.07, 6.45) is 11.8. The minimum absolute atomic E-state index is 0.213. The number of nitrogens with one attached hydrogen (secondary N) is 3. The molecular formula is C28H46ClN5O2S. The smallest absolute Gasteiger partial charge is 0.135 e. The number of alkyl halides is 1. The Bertz CT molecular complexity index is 897. The second kappa shape index (κ2) is 9.18. The minimum atomic E-state index is 0.213. The van der Waals surface area contributed by atoms with Gasteiger partial charge in [0.1, 0.15) is 12.3 Å². The van der Waals surface area contributed by atoms with E-state index in [1.54, 1.807) is 0 Å². The third-order valence-corrected chi connectivity index (χ3v) is 14.0. The van der Waals surface area contributed by atoms with Crippen LogP contribution in [0.2, 0.25) is 0 Å². The molecule has 0 aromatic carbocycles. The number of hydrogen-bond donors (Lipinski definition) is 3. The van der Waals surface area contributed by atoms with Crippen LogP contribution in [-0.4, -0.2) is 88.5 Å². The van der Waals surface area contributed by atoms with E-state index in [0.717, 1.165) is 24.4 Å². The first-order valence-corrected chi connectivity index (χ1v) is 16.6. The van der Waals surface area contributed by atoms with E-state index < -0.39 is 0 Å². The van der Waals surface area contributed by atoms with Gasteiger partial charge < -0.3 is 14.8 Å². The van der Waals surface area contributed by atoms with Gasteiger partial charge in [-0.25, -0.2) is 10.4 Å². The van der Waals surface area contributed by atoms with Crippen molar-refractivity contribution in [2.75, 3.05) is 20.3 Å². The Labute approximate surface area is 231 Å². The Kier molecular flexibility index (Phi) is 6.23. The number of halogens is 1. The summed E-state index contributed by atoms with van der Waals surface area (Å²) in [4.78, 5) is 2.88. The molecular weight excluding hydrogens is 506 g/mol. The molecule has 0 aromatic rings. The van der Waals surface area contributed by atoms with Gasteiger partial charge in [-0.15, -0.1) is 23.4 Å². The van der Waals surface area contributed by atoms with Gasteiger partial charge in [0.15, 0.2) is 0 Å². The molecule has 5 heterocycles. The van der Waals surface area contributed by atoms with Crippen LogP contribution in [0.1, 0.15) is 65.2 Å². The highest BCUT2D eigenvalue weighted by Gasteiger charge is 2.67. The Balaban J connectivity index is 1.06. The molecule has 5 aliphatic heterocycles. The van der Waals surface area contributed by atoms with Gasteiger partial charge in [0.25, 0.3) is 0 Å². The van der Waals surface area contributed by atoms with Crippen molar-refractivity contribution < 1.29 is 9.47 Å². The van der Waals surface area contributed by atoms with Gasteiger partial charge in [0, 0.05) is 41.2 Å². The fourth-order valence-corrected chi connectivity index (χ4v) is 12.0. The summed E-state index contributed by atoms with van der Waals surface area (Å²) in [7, 11) is 2.24. The van der Waals surface area contributed by atoms with Gasteiger partial charge in [-0.05, 0) is 69.1 Å². The van der Waals surface area contributed by atoms with Crippen LogP contribution >= 0.6 is 23.4 Å². The average molecular weight is 552 g/mol. The number of thioether (sulfide) groups is 1. The van der Waals surface area contributed by atoms with Gasteiger partial charge in [-0.1, -0.05) is 19.8 Å². The predicted octanol–water partition coefficient (Wildman–Crippen LogP) is 3.15. The fourth-order valence-electron chi connectivity index (χ4n) is 9.32. The standard InChI is InChI=1S/C28H46ClN5O2S/c1-14-12-35-13-20(14)30-25-24(36-25)16-10-18-21(11-16)37-26-22(18)23(17-6-4-5-7-19(17)29)31-28(8-9-28)27-32-33(3)15(2)34(26)27/h14-27,30-32H,4-13H2,1-3H3/t14-,15?,16+,17?,18?,19?,20+,21?,22?,23?,24-,25?,26?,27?/m1/s1. The van der Waals surface area contributed by atoms with E-state index >= 15 is 0 Å². The molecule has 8 aliphatic rings. The number of fused-ring (bicyclic) bond motifs is 6. The molecule has 3 aliphatic carbocycles. The average Bonchev–Trinajstić information content (AvgIpc) is 3.66. The number of nitrogens with zero attached hydrogens (tertiary/aromatic N) is 2. The molecule has 3 saturated carbocycles. The van der Waals surface area contributed by atoms with Gasteiger partial charge in [0.2, 0.25) is 0 Å². The minimum Gasteiger partial charge on any atom is -0.379 e. The summed E-state index contributed by atoms with van der Waals surface area (Å²) < 4.78 is 12.0. The quantitative estimate of drug-likeness (QED) is 0.364. The Morgan fingerprint density at radius 3 is 2.68 bits per heavy atom. The Morgan fingerprint density at radius 2 is 1.92 bits per heavy atom. The Hall–Kier alpha value is 0.360. The van der Waals surface area contributed by atoms with Gasteiger partial charge in [-0.2, -0.15) is 0 Å². The highest BCUT2D eigenvalue weighted by molar-refractivity contribution is 8.00. The van der Waals surface area contributed by atoms with Crippen LogP contribution in [0.4, 0.5) is 0 Å². The number of epoxide rings is 1. The second-order valence-corrected chi connectivity index (χ2v) is 15.8. The molecule has 8 rings (SSSR count). The molecule has 0 bridgehead atoms. The van der Waals surface area contributed by atoms with Crippen molar-refractivity contribution >= 4 is 23.4 Å². The summed E-state index contributed by atoms with van der Waals surface area (Å²) >= 11 is 9.49. The molecule has 8 fully saturated rings. The lowest BCUT2D eigenvalue weighted by Crippen LogP contribution is -2.57. The van der Waals surface area contributed by atoms with E-state index in [0.29, 0.717) is 64.9 Å². The van der Waals surface area contributed by atoms with E-state index in [-0.39, 0.29) is 11.8 Å². The summed E-state index contributed by atoms with van der Waals surface area (Å²) in [5.74, 6) is 3.29. The number of hydrazine groups is 1. The normalized spacial score (nSPS) is 56.8. The maximum absolute atomic E-state index is 7.17. The van der Waals surface area contributed by atoms with Crippen LogP contribution in [0.25, 0.3) is 0 Å². The van der Waals surface area contributed by atoms with Crippen molar-refractivity contribution in [1.29, 1.82) is 0 Å². The number of ether oxygens (including phenoxy) is 2. The lowest BCUT2D eigenvalue weighted by molar-refractivity contribution is 0.0897. The zero-order valence-electron chi connectivity index (χ0n) is 22.7. The number of hydrogen-bond acceptors (Lipinski definition) is 8. The molecule has 208 valence electrons. The van der Waals surface area contributed by atoms with Crippen LogP contribution in [0.15, 0.2) is 0 Å². The van der Waals surface area contributed by atoms with E-state index in [9.17, 15) is 0 Å². The number of rotatable bonds is 4. The zero-order valence-corrected chi connectivity index (χ0v) is 24.2. The van der Waals surface area contributed by atoms with Crippen LogP contribution in [0.5, 0.6) is 0 Å². The van der Waals surface area contributed by atoms with Crippen molar-refractivity contribution in [1.82, 2.24) is 26.0 Å². The maximum Gasteiger partial charge on any atom is 0.135 e. The SMILES string of the molecule is CC1N(C)NC2N1C1SC3C[C@@H]([C@H]4OC4N[C@H]4COC[C@H]4C)CC3C1C(C1CCCCC1Cl)NC21CC1. The van der Waals surface area contributed by atoms with E-state index in [4.69, 9.17) is 21.1 Å². The molecule has 7 nitrogen and oxygen atoms in total. The molecule has 14 atom stereocenters. The summed E-state index contributed by atoms with van der Waals surface area (Å²) in [5, 5.41) is 12.2. The molecule has 37 heavy (non-hydrogen) atoms. The van der Waals surface area contributed by atoms with Crippen LogP contribution in [0.3, 0.4) is 0 Å². The fraction of sp³-hybridized carbons (Fsp3) is 1.00. The first kappa shape index (κ1) is 25.1. The third-order valence-electron chi connectivity index (χ3n) is 11.7. The van der Waals surface area contributed by atoms with Gasteiger partial charge in [-0.3, -0.25) is 10.2 Å². The highest BCUT2D eigenvalue weighted by atomic mass is 35.5. The van der Waals surface area contributed by atoms with Crippen molar-refractivity contribution in [3.05, 3.63) is 0 Å². The van der Waals surface area contributed by atoms with E-state index in [2.05, 4.69) is 58.6 Å². The molecule has 3 N–H and O–H groups in total. The van der Waals surface area contributed by atoms with Gasteiger partial charge in [0.05, 0.1) is 30.9 Å². The molecule has 10 unspecified atom stereocenters. The molecule has 5 saturated heterocycles. The lowest BCUT2D eigenvalue weighted by Gasteiger charge is -2.42. The van der Waals surface area contributed by atoms with Crippen molar-refractivity contribution in [3.63, 3.8) is 0 Å². The maximum atomic E-state index is 7.17. The largest absolute Gasteiger partial charge is 0.379 e. The van der Waals surface area contributed by atoms with Gasteiger partial charge >= 0.3 is 0 Å². The predicted molar refractivity (Wildman–Crippen MR) is 147 cm³/mol. The van der Waals surface area contributed by atoms with Crippen molar-refractivity contribution in [2.45, 2.75) is 124 Å². The van der Waals surface area contributed by atoms with E-state index in [1.165, 1.54) is 51.4 Å². The van der Waals surface area contributed by atoms with Crippen LogP contribution < -0.4 is 16.1 Å². The lowest BCUT2D eigenvalue weighted by atomic mass is 9.73. The summed E-state index contributed by atoms with van der Waals surface area (Å²) in [6, 6.07) is 0.983. The van der Waals surface area contributed by atoms with Crippen LogP contribution in [0, 0.1) is 29.6 Å². The summed E-state index contributed by atoms with van der Waals surface area (Å²) in [5.41, 5.74) is 4.12. The third kappa shape index (κ3) is 4.02. The zero-order chi connectivity index (χ0) is 25.1. The van der Waals surface area contributed by atoms with Crippen molar-refractivity contribution in [3.8, 4) is 0 Å². The summed E-state index contributed by atoms with van der Waals surface area (Å²) in [6.45, 7) is 6.40. The Morgan fingerprint density at radius 1 is 1.08 bits per heavy atom. The molecule has 0 aromatic heterocycles.